The van der Waals surface area contributed by atoms with Crippen LogP contribution in [0.2, 0.25) is 0 Å². The Morgan fingerprint density at radius 1 is 1.12 bits per heavy atom. The number of carbonyl (C=O) groups excluding carboxylic acids is 1. The molecule has 0 bridgehead atoms. The summed E-state index contributed by atoms with van der Waals surface area (Å²) in [5.74, 6) is 2.06. The van der Waals surface area contributed by atoms with Crippen LogP contribution in [0, 0.1) is 0 Å². The number of nitrogens with zero attached hydrogens (tertiary/aromatic N) is 3. The van der Waals surface area contributed by atoms with Gasteiger partial charge in [0.1, 0.15) is 5.76 Å². The molecule has 0 amide bonds. The summed E-state index contributed by atoms with van der Waals surface area (Å²) in [6, 6.07) is 9.44. The zero-order valence-corrected chi connectivity index (χ0v) is 18.1. The number of carbonyl (C=O) groups is 1. The number of rotatable bonds is 6. The summed E-state index contributed by atoms with van der Waals surface area (Å²) >= 11 is 0. The molecule has 5 rings (SSSR count). The highest BCUT2D eigenvalue weighted by Crippen LogP contribution is 2.38. The molecule has 0 radical (unpaired) electrons. The van der Waals surface area contributed by atoms with Crippen LogP contribution in [0.5, 0.6) is 11.5 Å². The predicted octanol–water partition coefficient (Wildman–Crippen LogP) is 4.07. The molecule has 0 aliphatic heterocycles. The van der Waals surface area contributed by atoms with Crippen molar-refractivity contribution in [2.45, 2.75) is 25.4 Å². The summed E-state index contributed by atoms with van der Waals surface area (Å²) in [4.78, 5) is 17.5. The Balaban J connectivity index is 1.70. The van der Waals surface area contributed by atoms with Crippen molar-refractivity contribution in [2.24, 2.45) is 0 Å². The van der Waals surface area contributed by atoms with E-state index >= 15 is 0 Å². The van der Waals surface area contributed by atoms with Gasteiger partial charge in [-0.1, -0.05) is 6.07 Å². The maximum absolute atomic E-state index is 12.9. The summed E-state index contributed by atoms with van der Waals surface area (Å²) in [5.41, 5.74) is 4.54. The molecule has 0 spiro atoms. The van der Waals surface area contributed by atoms with Crippen molar-refractivity contribution in [3.05, 3.63) is 65.5 Å². The zero-order valence-electron chi connectivity index (χ0n) is 18.1. The van der Waals surface area contributed by atoms with Gasteiger partial charge in [0.15, 0.2) is 22.9 Å². The van der Waals surface area contributed by atoms with Crippen LogP contribution in [0.1, 0.15) is 39.8 Å². The van der Waals surface area contributed by atoms with Gasteiger partial charge < -0.3 is 18.6 Å². The Morgan fingerprint density at radius 3 is 2.69 bits per heavy atom. The minimum Gasteiger partial charge on any atom is -0.493 e. The van der Waals surface area contributed by atoms with Crippen LogP contribution < -0.4 is 9.47 Å². The maximum Gasteiger partial charge on any atom is 0.167 e. The van der Waals surface area contributed by atoms with Gasteiger partial charge in [0.25, 0.3) is 0 Å². The normalized spacial score (nSPS) is 15.7. The minimum atomic E-state index is -0.0322. The third kappa shape index (κ3) is 3.23. The lowest BCUT2D eigenvalue weighted by molar-refractivity contribution is 0.0958. The van der Waals surface area contributed by atoms with Crippen LogP contribution in [0.25, 0.3) is 16.8 Å². The fourth-order valence-electron chi connectivity index (χ4n) is 4.39. The zero-order chi connectivity index (χ0) is 22.2. The molecular weight excluding hydrogens is 410 g/mol. The second kappa shape index (κ2) is 8.12. The van der Waals surface area contributed by atoms with Gasteiger partial charge in [-0.25, -0.2) is 9.50 Å². The lowest BCUT2D eigenvalue weighted by atomic mass is 9.85. The maximum atomic E-state index is 12.9. The second-order valence-corrected chi connectivity index (χ2v) is 7.72. The molecule has 1 atom stereocenters. The molecule has 8 heteroatoms. The van der Waals surface area contributed by atoms with Gasteiger partial charge in [-0.15, -0.1) is 0 Å². The van der Waals surface area contributed by atoms with Crippen LogP contribution in [-0.4, -0.2) is 41.7 Å². The van der Waals surface area contributed by atoms with E-state index in [1.165, 1.54) is 0 Å². The molecule has 0 saturated heterocycles. The van der Waals surface area contributed by atoms with E-state index in [1.807, 2.05) is 30.3 Å². The highest BCUT2D eigenvalue weighted by atomic mass is 16.5. The molecule has 164 valence electrons. The Bertz CT molecular complexity index is 1290. The lowest BCUT2D eigenvalue weighted by Gasteiger charge is -2.22. The molecule has 8 nitrogen and oxygen atoms in total. The topological polar surface area (TPSA) is 88.1 Å². The molecule has 1 unspecified atom stereocenters. The first kappa shape index (κ1) is 20.3. The van der Waals surface area contributed by atoms with Crippen molar-refractivity contribution < 1.29 is 23.4 Å². The number of aromatic nitrogens is 3. The molecule has 0 N–H and O–H groups in total. The Labute approximate surface area is 184 Å². The van der Waals surface area contributed by atoms with Crippen LogP contribution in [0.3, 0.4) is 0 Å². The first-order chi connectivity index (χ1) is 15.6. The molecule has 3 aromatic heterocycles. The first-order valence-electron chi connectivity index (χ1n) is 10.3. The minimum absolute atomic E-state index is 0.0322. The Hall–Kier alpha value is -3.65. The van der Waals surface area contributed by atoms with Crippen molar-refractivity contribution >= 4 is 11.4 Å². The largest absolute Gasteiger partial charge is 0.493 e. The summed E-state index contributed by atoms with van der Waals surface area (Å²) in [6.07, 6.45) is 4.32. The number of ketones is 1. The van der Waals surface area contributed by atoms with Gasteiger partial charge in [0.2, 0.25) is 0 Å². The second-order valence-electron chi connectivity index (χ2n) is 7.72. The molecule has 1 aromatic carbocycles. The van der Waals surface area contributed by atoms with Crippen LogP contribution in [0.15, 0.2) is 47.2 Å². The van der Waals surface area contributed by atoms with Gasteiger partial charge in [0, 0.05) is 32.1 Å². The number of ether oxygens (including phenoxy) is 3. The molecule has 1 aliphatic rings. The molecule has 4 aromatic rings. The summed E-state index contributed by atoms with van der Waals surface area (Å²) in [7, 11) is 4.83. The number of Topliss-reactive ketones (excluding diaryl/α,β-unsaturated/α-hetero) is 1. The fourth-order valence-corrected chi connectivity index (χ4v) is 4.39. The molecule has 3 heterocycles. The predicted molar refractivity (Wildman–Crippen MR) is 116 cm³/mol. The van der Waals surface area contributed by atoms with E-state index in [-0.39, 0.29) is 11.7 Å². The highest BCUT2D eigenvalue weighted by molar-refractivity contribution is 5.99. The van der Waals surface area contributed by atoms with E-state index in [0.29, 0.717) is 42.2 Å². The average Bonchev–Trinajstić information content (AvgIpc) is 3.47. The fraction of sp³-hybridized carbons (Fsp3) is 0.292. The molecule has 1 aliphatic carbocycles. The van der Waals surface area contributed by atoms with Crippen molar-refractivity contribution in [1.29, 1.82) is 0 Å². The number of hydrogen-bond acceptors (Lipinski definition) is 7. The molecule has 32 heavy (non-hydrogen) atoms. The van der Waals surface area contributed by atoms with E-state index in [9.17, 15) is 4.79 Å². The summed E-state index contributed by atoms with van der Waals surface area (Å²) in [6.45, 7) is 0.303. The quantitative estimate of drug-likeness (QED) is 0.453. The van der Waals surface area contributed by atoms with E-state index in [4.69, 9.17) is 23.7 Å². The van der Waals surface area contributed by atoms with Crippen LogP contribution in [0.4, 0.5) is 0 Å². The monoisotopic (exact) mass is 433 g/mol. The van der Waals surface area contributed by atoms with E-state index in [1.54, 1.807) is 38.3 Å². The number of hydrogen-bond donors (Lipinski definition) is 0. The number of methoxy groups -OCH3 is 3. The van der Waals surface area contributed by atoms with E-state index in [2.05, 4.69) is 4.98 Å². The third-order valence-electron chi connectivity index (χ3n) is 5.89. The lowest BCUT2D eigenvalue weighted by Crippen LogP contribution is -2.22. The summed E-state index contributed by atoms with van der Waals surface area (Å²) in [5, 5.41) is 4.81. The first-order valence-corrected chi connectivity index (χ1v) is 10.3. The van der Waals surface area contributed by atoms with Crippen molar-refractivity contribution in [3.63, 3.8) is 0 Å². The third-order valence-corrected chi connectivity index (χ3v) is 5.89. The molecule has 0 fully saturated rings. The van der Waals surface area contributed by atoms with Crippen molar-refractivity contribution in [2.75, 3.05) is 21.3 Å². The molecule has 0 saturated carbocycles. The van der Waals surface area contributed by atoms with Crippen molar-refractivity contribution in [1.82, 2.24) is 14.6 Å². The SMILES string of the molecule is COCc1nn2c3c(cnc2c1-c1ccc(OC)c(OC)c1)C(=O)CC(c1ccco1)C3. The van der Waals surface area contributed by atoms with Gasteiger partial charge in [-0.05, 0) is 29.8 Å². The Morgan fingerprint density at radius 2 is 1.97 bits per heavy atom. The average molecular weight is 433 g/mol. The van der Waals surface area contributed by atoms with E-state index < -0.39 is 0 Å². The smallest absolute Gasteiger partial charge is 0.167 e. The van der Waals surface area contributed by atoms with E-state index in [0.717, 1.165) is 28.3 Å². The number of furan rings is 1. The van der Waals surface area contributed by atoms with Crippen LogP contribution >= 0.6 is 0 Å². The molecular formula is C24H23N3O5. The number of benzene rings is 1. The Kier molecular flexibility index (Phi) is 5.14. The van der Waals surface area contributed by atoms with Gasteiger partial charge in [-0.3, -0.25) is 4.79 Å². The van der Waals surface area contributed by atoms with Gasteiger partial charge in [-0.2, -0.15) is 5.10 Å². The highest BCUT2D eigenvalue weighted by Gasteiger charge is 2.31. The summed E-state index contributed by atoms with van der Waals surface area (Å²) < 4.78 is 23.7. The van der Waals surface area contributed by atoms with Crippen molar-refractivity contribution in [3.8, 4) is 22.6 Å². The number of fused-ring (bicyclic) bond motifs is 3. The van der Waals surface area contributed by atoms with Crippen LogP contribution in [-0.2, 0) is 17.8 Å². The van der Waals surface area contributed by atoms with Gasteiger partial charge >= 0.3 is 0 Å². The standard InChI is InChI=1S/C24H23N3O5/c1-29-13-17-23(14-6-7-21(30-2)22(11-14)31-3)24-25-12-16-18(27(24)26-17)9-15(10-19(16)28)20-5-4-8-32-20/h4-8,11-12,15H,9-10,13H2,1-3H3. The van der Waals surface area contributed by atoms with Gasteiger partial charge in [0.05, 0.1) is 49.6 Å².